The van der Waals surface area contributed by atoms with E-state index in [4.69, 9.17) is 5.73 Å². The molecule has 0 saturated heterocycles. The number of nitrogens with one attached hydrogen (secondary N) is 1. The van der Waals surface area contributed by atoms with E-state index in [1.165, 1.54) is 12.8 Å². The lowest BCUT2D eigenvalue weighted by Crippen LogP contribution is -2.11. The zero-order valence-electron chi connectivity index (χ0n) is 12.1. The monoisotopic (exact) mass is 254 g/mol. The van der Waals surface area contributed by atoms with Crippen LogP contribution in [0.25, 0.3) is 0 Å². The van der Waals surface area contributed by atoms with Crippen molar-refractivity contribution in [2.45, 2.75) is 71.6 Å². The summed E-state index contributed by atoms with van der Waals surface area (Å²) >= 11 is 0. The van der Waals surface area contributed by atoms with Crippen LogP contribution >= 0.6 is 0 Å². The quantitative estimate of drug-likeness (QED) is 0.524. The summed E-state index contributed by atoms with van der Waals surface area (Å²) in [5.41, 5.74) is 6.56. The van der Waals surface area contributed by atoms with Gasteiger partial charge in [-0.25, -0.2) is 0 Å². The van der Waals surface area contributed by atoms with E-state index in [1.54, 1.807) is 0 Å². The van der Waals surface area contributed by atoms with Crippen molar-refractivity contribution in [2.24, 2.45) is 5.73 Å². The summed E-state index contributed by atoms with van der Waals surface area (Å²) in [6.07, 6.45) is 11.0. The molecule has 0 fully saturated rings. The molecule has 3 N–H and O–H groups in total. The number of hydrogen-bond acceptors (Lipinski definition) is 3. The Labute approximate surface area is 112 Å². The smallest absolute Gasteiger partial charge is 0.132 e. The van der Waals surface area contributed by atoms with Crippen molar-refractivity contribution < 1.29 is 4.79 Å². The van der Waals surface area contributed by atoms with Gasteiger partial charge in [-0.15, -0.1) is 0 Å². The Morgan fingerprint density at radius 1 is 1.06 bits per heavy atom. The molecular weight excluding hydrogens is 224 g/mol. The maximum atomic E-state index is 11.5. The van der Waals surface area contributed by atoms with Crippen molar-refractivity contribution in [3.8, 4) is 0 Å². The zero-order chi connectivity index (χ0) is 13.6. The van der Waals surface area contributed by atoms with Gasteiger partial charge in [0.15, 0.2) is 0 Å². The molecule has 0 aromatic carbocycles. The summed E-state index contributed by atoms with van der Waals surface area (Å²) in [4.78, 5) is 11.5. The van der Waals surface area contributed by atoms with Crippen LogP contribution in [0.2, 0.25) is 0 Å². The minimum absolute atomic E-state index is 0.437. The fraction of sp³-hybridized carbons (Fsp3) is 0.800. The van der Waals surface area contributed by atoms with Crippen LogP contribution < -0.4 is 11.1 Å². The van der Waals surface area contributed by atoms with E-state index in [1.807, 2.05) is 13.1 Å². The maximum absolute atomic E-state index is 11.5. The van der Waals surface area contributed by atoms with E-state index in [9.17, 15) is 4.79 Å². The molecule has 0 bridgehead atoms. The van der Waals surface area contributed by atoms with Crippen LogP contribution in [-0.2, 0) is 4.79 Å². The number of allylic oxidation sites excluding steroid dienone is 1. The summed E-state index contributed by atoms with van der Waals surface area (Å²) < 4.78 is 0. The van der Waals surface area contributed by atoms with Crippen LogP contribution in [0, 0.1) is 0 Å². The molecule has 18 heavy (non-hydrogen) atoms. The average molecular weight is 254 g/mol. The highest BCUT2D eigenvalue weighted by atomic mass is 16.1. The third-order valence-corrected chi connectivity index (χ3v) is 3.03. The van der Waals surface area contributed by atoms with Crippen LogP contribution in [0.15, 0.2) is 11.9 Å². The first kappa shape index (κ1) is 17.0. The Morgan fingerprint density at radius 2 is 1.72 bits per heavy atom. The Hall–Kier alpha value is -0.990. The molecule has 0 aliphatic rings. The van der Waals surface area contributed by atoms with Crippen LogP contribution in [0.5, 0.6) is 0 Å². The molecular formula is C15H30N2O. The van der Waals surface area contributed by atoms with Gasteiger partial charge in [-0.05, 0) is 25.7 Å². The average Bonchev–Trinajstić information content (AvgIpc) is 2.37. The van der Waals surface area contributed by atoms with Crippen molar-refractivity contribution >= 4 is 5.78 Å². The van der Waals surface area contributed by atoms with E-state index >= 15 is 0 Å². The first-order valence-electron chi connectivity index (χ1n) is 7.40. The molecule has 0 saturated carbocycles. The van der Waals surface area contributed by atoms with Crippen molar-refractivity contribution in [3.05, 3.63) is 11.9 Å². The minimum atomic E-state index is 0.437. The number of carbonyl (C=O) groups is 1. The van der Waals surface area contributed by atoms with E-state index < -0.39 is 0 Å². The molecule has 0 aromatic heterocycles. The predicted molar refractivity (Wildman–Crippen MR) is 78.2 cm³/mol. The first-order chi connectivity index (χ1) is 8.70. The highest BCUT2D eigenvalue weighted by molar-refractivity contribution is 5.78. The Balaban J connectivity index is 3.27. The second-order valence-corrected chi connectivity index (χ2v) is 4.83. The molecule has 0 aromatic rings. The first-order valence-corrected chi connectivity index (χ1v) is 7.40. The molecule has 0 spiro atoms. The number of hydrogen-bond donors (Lipinski definition) is 2. The molecule has 0 heterocycles. The Bertz CT molecular complexity index is 237. The summed E-state index contributed by atoms with van der Waals surface area (Å²) in [6.45, 7) is 5.15. The van der Waals surface area contributed by atoms with Crippen molar-refractivity contribution in [2.75, 3.05) is 6.54 Å². The summed E-state index contributed by atoms with van der Waals surface area (Å²) in [7, 11) is 0. The van der Waals surface area contributed by atoms with Crippen molar-refractivity contribution in [3.63, 3.8) is 0 Å². The van der Waals surface area contributed by atoms with E-state index in [0.717, 1.165) is 57.2 Å². The zero-order valence-corrected chi connectivity index (χ0v) is 12.1. The summed E-state index contributed by atoms with van der Waals surface area (Å²) in [6, 6.07) is 0. The fourth-order valence-electron chi connectivity index (χ4n) is 1.73. The van der Waals surface area contributed by atoms with Gasteiger partial charge < -0.3 is 11.1 Å². The molecule has 0 rings (SSSR count). The second kappa shape index (κ2) is 12.5. The minimum Gasteiger partial charge on any atom is -0.401 e. The number of carbonyl (C=O) groups excluding carboxylic acids is 1. The van der Waals surface area contributed by atoms with Gasteiger partial charge in [0.1, 0.15) is 5.78 Å². The van der Waals surface area contributed by atoms with Gasteiger partial charge in [0.2, 0.25) is 0 Å². The van der Waals surface area contributed by atoms with Gasteiger partial charge in [-0.3, -0.25) is 4.79 Å². The summed E-state index contributed by atoms with van der Waals surface area (Å²) in [5, 5.41) is 3.19. The lowest BCUT2D eigenvalue weighted by atomic mass is 10.1. The molecule has 0 aliphatic carbocycles. The van der Waals surface area contributed by atoms with Gasteiger partial charge in [-0.1, -0.05) is 33.1 Å². The van der Waals surface area contributed by atoms with Gasteiger partial charge >= 0.3 is 0 Å². The van der Waals surface area contributed by atoms with E-state index in [2.05, 4.69) is 12.2 Å². The molecule has 3 heteroatoms. The topological polar surface area (TPSA) is 55.1 Å². The maximum Gasteiger partial charge on any atom is 0.132 e. The normalized spacial score (nSPS) is 11.6. The number of nitrogens with two attached hydrogens (primary N) is 1. The molecule has 106 valence electrons. The number of unbranched alkanes of at least 4 members (excludes halogenated alkanes) is 4. The van der Waals surface area contributed by atoms with Crippen molar-refractivity contribution in [1.29, 1.82) is 0 Å². The van der Waals surface area contributed by atoms with Crippen LogP contribution in [0.3, 0.4) is 0 Å². The molecule has 0 amide bonds. The third kappa shape index (κ3) is 11.5. The third-order valence-electron chi connectivity index (χ3n) is 3.03. The Morgan fingerprint density at radius 3 is 2.33 bits per heavy atom. The van der Waals surface area contributed by atoms with Gasteiger partial charge in [0, 0.05) is 31.3 Å². The van der Waals surface area contributed by atoms with Crippen LogP contribution in [0.4, 0.5) is 0 Å². The summed E-state index contributed by atoms with van der Waals surface area (Å²) in [5.74, 6) is 0.437. The second-order valence-electron chi connectivity index (χ2n) is 4.83. The van der Waals surface area contributed by atoms with Crippen molar-refractivity contribution in [1.82, 2.24) is 5.32 Å². The fourth-order valence-corrected chi connectivity index (χ4v) is 1.73. The molecule has 0 atom stereocenters. The van der Waals surface area contributed by atoms with Gasteiger partial charge in [0.25, 0.3) is 0 Å². The molecule has 0 unspecified atom stereocenters. The van der Waals surface area contributed by atoms with E-state index in [-0.39, 0.29) is 0 Å². The van der Waals surface area contributed by atoms with Crippen LogP contribution in [0.1, 0.15) is 71.6 Å². The highest BCUT2D eigenvalue weighted by Gasteiger charge is 2.00. The van der Waals surface area contributed by atoms with Crippen LogP contribution in [-0.4, -0.2) is 12.3 Å². The molecule has 0 radical (unpaired) electrons. The van der Waals surface area contributed by atoms with Gasteiger partial charge in [-0.2, -0.15) is 0 Å². The largest absolute Gasteiger partial charge is 0.401 e. The highest BCUT2D eigenvalue weighted by Crippen LogP contribution is 2.06. The lowest BCUT2D eigenvalue weighted by Gasteiger charge is -2.03. The standard InChI is InChI=1S/C15H30N2O/c1-3-5-7-10-15(18)11-8-6-9-12-17-13-14(16)4-2/h13,17H,3-12,16H2,1-2H3/b14-13-. The lowest BCUT2D eigenvalue weighted by molar-refractivity contribution is -0.119. The predicted octanol–water partition coefficient (Wildman–Crippen LogP) is 3.50. The molecule has 3 nitrogen and oxygen atoms in total. The number of rotatable bonds is 12. The molecule has 0 aliphatic heterocycles. The number of Topliss-reactive ketones (excluding diaryl/α,β-unsaturated/α-hetero) is 1. The number of ketones is 1. The Kier molecular flexibility index (Phi) is 11.8. The SMILES string of the molecule is CCCCCC(=O)CCCCCN/C=C(\N)CC. The van der Waals surface area contributed by atoms with Gasteiger partial charge in [0.05, 0.1) is 0 Å². The van der Waals surface area contributed by atoms with E-state index in [0.29, 0.717) is 5.78 Å².